The first-order chi connectivity index (χ1) is 16.4. The Hall–Kier alpha value is -1.05. The molecule has 0 spiro atoms. The van der Waals surface area contributed by atoms with Crippen molar-refractivity contribution < 1.29 is 69.3 Å². The van der Waals surface area contributed by atoms with Crippen LogP contribution in [0.5, 0.6) is 0 Å². The van der Waals surface area contributed by atoms with Gasteiger partial charge in [-0.2, -0.15) is 0 Å². The lowest BCUT2D eigenvalue weighted by Crippen LogP contribution is -2.68. The summed E-state index contributed by atoms with van der Waals surface area (Å²) in [4.78, 5) is 11.8. The molecule has 204 valence electrons. The first-order valence-corrected chi connectivity index (χ1v) is 11.3. The second kappa shape index (κ2) is 11.6. The fraction of sp³-hybridized carbons (Fsp3) is 0.950. The van der Waals surface area contributed by atoms with Gasteiger partial charge in [-0.15, -0.1) is 0 Å². The molecule has 0 radical (unpaired) electrons. The molecule has 0 aromatic rings. The van der Waals surface area contributed by atoms with Crippen LogP contribution in [0.4, 0.5) is 0 Å². The lowest BCUT2D eigenvalue weighted by molar-refractivity contribution is -0.367. The third kappa shape index (κ3) is 5.93. The monoisotopic (exact) mass is 513 g/mol. The van der Waals surface area contributed by atoms with Crippen molar-refractivity contribution in [3.8, 4) is 0 Å². The number of ether oxygens (including phenoxy) is 5. The zero-order valence-electron chi connectivity index (χ0n) is 19.4. The van der Waals surface area contributed by atoms with Gasteiger partial charge < -0.3 is 69.9 Å². The summed E-state index contributed by atoms with van der Waals surface area (Å²) in [5.74, 6) is -0.588. The maximum Gasteiger partial charge on any atom is 0.217 e. The molecule has 3 aliphatic rings. The van der Waals surface area contributed by atoms with Crippen molar-refractivity contribution in [2.24, 2.45) is 0 Å². The lowest BCUT2D eigenvalue weighted by atomic mass is 9.95. The molecule has 3 heterocycles. The van der Waals surface area contributed by atoms with E-state index in [-0.39, 0.29) is 0 Å². The number of carbonyl (C=O) groups excluding carboxylic acids is 1. The van der Waals surface area contributed by atoms with Gasteiger partial charge in [0.15, 0.2) is 18.9 Å². The molecule has 0 aliphatic carbocycles. The topological polar surface area (TPSA) is 237 Å². The summed E-state index contributed by atoms with van der Waals surface area (Å²) >= 11 is 0. The summed E-state index contributed by atoms with van der Waals surface area (Å²) in [6, 6.07) is -1.31. The minimum Gasteiger partial charge on any atom is -0.394 e. The predicted molar refractivity (Wildman–Crippen MR) is 110 cm³/mol. The van der Waals surface area contributed by atoms with Crippen LogP contribution in [0, 0.1) is 0 Å². The van der Waals surface area contributed by atoms with Crippen molar-refractivity contribution in [3.05, 3.63) is 0 Å². The highest BCUT2D eigenvalue weighted by Gasteiger charge is 2.53. The Morgan fingerprint density at radius 1 is 0.743 bits per heavy atom. The van der Waals surface area contributed by atoms with Gasteiger partial charge in [-0.3, -0.25) is 4.79 Å². The lowest BCUT2D eigenvalue weighted by Gasteiger charge is -2.49. The van der Waals surface area contributed by atoms with E-state index in [9.17, 15) is 45.6 Å². The van der Waals surface area contributed by atoms with Crippen LogP contribution >= 0.6 is 0 Å². The van der Waals surface area contributed by atoms with Gasteiger partial charge in [0, 0.05) is 6.92 Å². The van der Waals surface area contributed by atoms with E-state index < -0.39 is 105 Å². The maximum absolute atomic E-state index is 11.8. The number of nitrogens with one attached hydrogen (secondary N) is 1. The molecule has 3 rings (SSSR count). The van der Waals surface area contributed by atoms with Crippen molar-refractivity contribution in [1.29, 1.82) is 0 Å². The number of aliphatic hydroxyl groups is 8. The van der Waals surface area contributed by atoms with Gasteiger partial charge in [-0.05, 0) is 13.8 Å². The molecule has 0 saturated carbocycles. The molecular formula is C20H35NO14. The van der Waals surface area contributed by atoms with Crippen LogP contribution in [-0.2, 0) is 28.5 Å². The summed E-state index contributed by atoms with van der Waals surface area (Å²) in [5, 5.41) is 83.3. The van der Waals surface area contributed by atoms with Crippen molar-refractivity contribution in [3.63, 3.8) is 0 Å². The van der Waals surface area contributed by atoms with Gasteiger partial charge in [0.25, 0.3) is 0 Å². The van der Waals surface area contributed by atoms with E-state index in [1.165, 1.54) is 20.8 Å². The van der Waals surface area contributed by atoms with E-state index >= 15 is 0 Å². The van der Waals surface area contributed by atoms with E-state index in [4.69, 9.17) is 23.7 Å². The molecule has 0 aromatic carbocycles. The van der Waals surface area contributed by atoms with Crippen molar-refractivity contribution >= 4 is 5.91 Å². The van der Waals surface area contributed by atoms with Crippen LogP contribution in [0.2, 0.25) is 0 Å². The summed E-state index contributed by atoms with van der Waals surface area (Å²) < 4.78 is 28.0. The highest BCUT2D eigenvalue weighted by molar-refractivity contribution is 5.73. The third-order valence-corrected chi connectivity index (χ3v) is 6.41. The second-order valence-corrected chi connectivity index (χ2v) is 9.04. The van der Waals surface area contributed by atoms with Crippen molar-refractivity contribution in [1.82, 2.24) is 5.32 Å². The Kier molecular flexibility index (Phi) is 9.42. The Labute approximate surface area is 200 Å². The van der Waals surface area contributed by atoms with Gasteiger partial charge in [0.1, 0.15) is 61.0 Å². The third-order valence-electron chi connectivity index (χ3n) is 6.41. The molecule has 1 amide bonds. The summed E-state index contributed by atoms with van der Waals surface area (Å²) in [6.45, 7) is 3.37. The number of hydrogen-bond donors (Lipinski definition) is 9. The fourth-order valence-corrected chi connectivity index (χ4v) is 4.37. The molecule has 3 aliphatic heterocycles. The number of amides is 1. The van der Waals surface area contributed by atoms with Crippen LogP contribution in [0.15, 0.2) is 0 Å². The summed E-state index contributed by atoms with van der Waals surface area (Å²) in [5.41, 5.74) is 0. The highest BCUT2D eigenvalue weighted by Crippen LogP contribution is 2.32. The Morgan fingerprint density at radius 2 is 1.29 bits per heavy atom. The number of carbonyl (C=O) groups is 1. The first kappa shape index (κ1) is 28.5. The van der Waals surface area contributed by atoms with Gasteiger partial charge in [0.2, 0.25) is 5.91 Å². The molecule has 0 aromatic heterocycles. The SMILES string of the molecule is CC(=O)N[C@H]1C(O)O[C@H](C)[C@@H](O[C@@H]2O[C@@H](C)[C@@H](O)[C@@H](O)[C@@H]2O)[C@@H]1O[C@@H]1O[C@H](CO)[C@H](O)[C@H](O)[C@H]1O. The van der Waals surface area contributed by atoms with E-state index in [0.717, 1.165) is 0 Å². The highest BCUT2D eigenvalue weighted by atomic mass is 16.7. The first-order valence-electron chi connectivity index (χ1n) is 11.3. The van der Waals surface area contributed by atoms with Crippen LogP contribution in [-0.4, -0.2) is 145 Å². The standard InChI is InChI=1S/C20H35NO14/c1-5-10(24)12(26)14(28)19(32-5)34-16-6(2)31-18(30)9(21-7(3)23)17(16)35-20-15(29)13(27)11(25)8(4-22)33-20/h5-6,8-20,22,24-30H,4H2,1-3H3,(H,21,23)/t5-,6+,8+,9+,10+,11-,12+,13-,14-,15+,16+,17+,18?,19-,20-/m0/s1. The molecule has 3 saturated heterocycles. The van der Waals surface area contributed by atoms with E-state index in [1.54, 1.807) is 0 Å². The number of aliphatic hydroxyl groups excluding tert-OH is 8. The molecule has 15 atom stereocenters. The average molecular weight is 513 g/mol. The van der Waals surface area contributed by atoms with Crippen LogP contribution < -0.4 is 5.32 Å². The molecule has 35 heavy (non-hydrogen) atoms. The summed E-state index contributed by atoms with van der Waals surface area (Å²) in [6.07, 6.45) is -20.4. The second-order valence-electron chi connectivity index (χ2n) is 9.04. The zero-order valence-corrected chi connectivity index (χ0v) is 19.4. The van der Waals surface area contributed by atoms with Gasteiger partial charge in [0.05, 0.1) is 18.8 Å². The Bertz CT molecular complexity index is 713. The van der Waals surface area contributed by atoms with Gasteiger partial charge >= 0.3 is 0 Å². The predicted octanol–water partition coefficient (Wildman–Crippen LogP) is -5.37. The van der Waals surface area contributed by atoms with Gasteiger partial charge in [-0.1, -0.05) is 0 Å². The van der Waals surface area contributed by atoms with Crippen molar-refractivity contribution in [2.75, 3.05) is 6.61 Å². The van der Waals surface area contributed by atoms with E-state index in [0.29, 0.717) is 0 Å². The van der Waals surface area contributed by atoms with Crippen LogP contribution in [0.3, 0.4) is 0 Å². The number of hydrogen-bond acceptors (Lipinski definition) is 14. The average Bonchev–Trinajstić information content (AvgIpc) is 2.80. The Balaban J connectivity index is 1.89. The van der Waals surface area contributed by atoms with E-state index in [1.807, 2.05) is 0 Å². The molecule has 1 unspecified atom stereocenters. The minimum atomic E-state index is -1.80. The smallest absolute Gasteiger partial charge is 0.217 e. The molecule has 15 nitrogen and oxygen atoms in total. The largest absolute Gasteiger partial charge is 0.394 e. The zero-order chi connectivity index (χ0) is 26.2. The summed E-state index contributed by atoms with van der Waals surface area (Å²) in [7, 11) is 0. The molecular weight excluding hydrogens is 478 g/mol. The van der Waals surface area contributed by atoms with Crippen LogP contribution in [0.1, 0.15) is 20.8 Å². The van der Waals surface area contributed by atoms with Crippen LogP contribution in [0.25, 0.3) is 0 Å². The maximum atomic E-state index is 11.8. The van der Waals surface area contributed by atoms with Crippen molar-refractivity contribution in [2.45, 2.75) is 113 Å². The van der Waals surface area contributed by atoms with E-state index in [2.05, 4.69) is 5.32 Å². The Morgan fingerprint density at radius 3 is 1.86 bits per heavy atom. The fourth-order valence-electron chi connectivity index (χ4n) is 4.37. The molecule has 0 bridgehead atoms. The quantitative estimate of drug-likeness (QED) is 0.161. The molecule has 9 N–H and O–H groups in total. The number of rotatable bonds is 6. The molecule has 15 heteroatoms. The van der Waals surface area contributed by atoms with Gasteiger partial charge in [-0.25, -0.2) is 0 Å². The minimum absolute atomic E-state index is 0.588. The normalized spacial score (nSPS) is 51.1. The molecule has 3 fully saturated rings.